The molecule has 28 heavy (non-hydrogen) atoms. The first-order chi connectivity index (χ1) is 13.5. The maximum atomic E-state index is 12.5. The Morgan fingerprint density at radius 3 is 2.71 bits per heavy atom. The predicted molar refractivity (Wildman–Crippen MR) is 107 cm³/mol. The number of thiazole rings is 1. The summed E-state index contributed by atoms with van der Waals surface area (Å²) in [7, 11) is 0. The highest BCUT2D eigenvalue weighted by atomic mass is 32.1. The van der Waals surface area contributed by atoms with Crippen LogP contribution in [0.5, 0.6) is 0 Å². The van der Waals surface area contributed by atoms with E-state index in [4.69, 9.17) is 0 Å². The molecule has 1 aliphatic heterocycles. The molecule has 1 aliphatic rings. The minimum Gasteiger partial charge on any atom is -0.344 e. The third-order valence-electron chi connectivity index (χ3n) is 4.90. The molecule has 0 atom stereocenters. The Labute approximate surface area is 164 Å². The molecule has 0 bridgehead atoms. The van der Waals surface area contributed by atoms with Crippen LogP contribution in [0.3, 0.4) is 0 Å². The number of rotatable bonds is 4. The van der Waals surface area contributed by atoms with Gasteiger partial charge in [-0.25, -0.2) is 14.8 Å². The van der Waals surface area contributed by atoms with Gasteiger partial charge >= 0.3 is 5.69 Å². The molecular weight excluding hydrogens is 380 g/mol. The lowest BCUT2D eigenvalue weighted by atomic mass is 10.1. The number of hydrogen-bond acceptors (Lipinski definition) is 7. The van der Waals surface area contributed by atoms with Gasteiger partial charge in [-0.1, -0.05) is 11.3 Å². The van der Waals surface area contributed by atoms with Crippen molar-refractivity contribution in [2.24, 2.45) is 0 Å². The maximum absolute atomic E-state index is 12.5. The molecule has 1 fully saturated rings. The molecule has 4 rings (SSSR count). The van der Waals surface area contributed by atoms with Crippen LogP contribution in [-0.2, 0) is 11.2 Å². The van der Waals surface area contributed by atoms with Crippen molar-refractivity contribution in [3.05, 3.63) is 50.4 Å². The second kappa shape index (κ2) is 7.55. The van der Waals surface area contributed by atoms with Gasteiger partial charge in [-0.05, 0) is 25.5 Å². The van der Waals surface area contributed by atoms with E-state index in [-0.39, 0.29) is 12.3 Å². The van der Waals surface area contributed by atoms with Crippen LogP contribution >= 0.6 is 11.3 Å². The lowest BCUT2D eigenvalue weighted by Gasteiger charge is -2.34. The predicted octanol–water partition coefficient (Wildman–Crippen LogP) is 0.658. The topological polar surface area (TPSA) is 115 Å². The zero-order chi connectivity index (χ0) is 19.7. The summed E-state index contributed by atoms with van der Waals surface area (Å²) in [6.45, 7) is 4.32. The minimum atomic E-state index is -0.529. The zero-order valence-electron chi connectivity index (χ0n) is 15.4. The molecule has 10 heteroatoms. The van der Waals surface area contributed by atoms with Crippen molar-refractivity contribution in [2.45, 2.75) is 19.8 Å². The fourth-order valence-corrected chi connectivity index (χ4v) is 4.32. The summed E-state index contributed by atoms with van der Waals surface area (Å²) in [4.78, 5) is 54.3. The Kier molecular flexibility index (Phi) is 4.95. The lowest BCUT2D eigenvalue weighted by molar-refractivity contribution is -0.131. The molecule has 3 aromatic rings. The van der Waals surface area contributed by atoms with Gasteiger partial charge in [0, 0.05) is 50.1 Å². The number of nitrogens with one attached hydrogen (secondary N) is 2. The Morgan fingerprint density at radius 1 is 1.21 bits per heavy atom. The van der Waals surface area contributed by atoms with Crippen LogP contribution in [0.1, 0.15) is 17.7 Å². The highest BCUT2D eigenvalue weighted by Gasteiger charge is 2.23. The van der Waals surface area contributed by atoms with E-state index in [2.05, 4.69) is 24.8 Å². The first-order valence-electron chi connectivity index (χ1n) is 9.07. The molecule has 4 heterocycles. The highest BCUT2D eigenvalue weighted by molar-refractivity contribution is 7.21. The Hall–Kier alpha value is -3.01. The van der Waals surface area contributed by atoms with Crippen molar-refractivity contribution in [3.63, 3.8) is 0 Å². The standard InChI is InChI=1S/C18H20N6O3S/c1-11-12(15(26)22-17(27)20-11)4-5-14(25)23-7-9-24(10-8-23)18-21-13-3-2-6-19-16(13)28-18/h2-3,6H,4-5,7-10H2,1H3,(H2,20,22,26,27). The number of aromatic nitrogens is 4. The number of pyridine rings is 1. The van der Waals surface area contributed by atoms with Crippen molar-refractivity contribution in [1.82, 2.24) is 24.8 Å². The fraction of sp³-hybridized carbons (Fsp3) is 0.389. The fourth-order valence-electron chi connectivity index (χ4n) is 3.36. The Bertz CT molecular complexity index is 1090. The van der Waals surface area contributed by atoms with E-state index in [0.717, 1.165) is 15.5 Å². The van der Waals surface area contributed by atoms with Crippen LogP contribution in [0, 0.1) is 6.92 Å². The number of hydrogen-bond donors (Lipinski definition) is 2. The smallest absolute Gasteiger partial charge is 0.325 e. The van der Waals surface area contributed by atoms with Gasteiger partial charge in [-0.2, -0.15) is 0 Å². The van der Waals surface area contributed by atoms with E-state index < -0.39 is 11.2 Å². The summed E-state index contributed by atoms with van der Waals surface area (Å²) in [5, 5.41) is 0.927. The van der Waals surface area contributed by atoms with Crippen molar-refractivity contribution in [3.8, 4) is 0 Å². The van der Waals surface area contributed by atoms with E-state index in [1.807, 2.05) is 17.0 Å². The van der Waals surface area contributed by atoms with E-state index in [0.29, 0.717) is 43.9 Å². The number of anilines is 1. The first kappa shape index (κ1) is 18.4. The number of amides is 1. The number of nitrogens with zero attached hydrogens (tertiary/aromatic N) is 4. The molecular formula is C18H20N6O3S. The van der Waals surface area contributed by atoms with Crippen LogP contribution in [0.15, 0.2) is 27.9 Å². The number of aromatic amines is 2. The zero-order valence-corrected chi connectivity index (χ0v) is 16.2. The first-order valence-corrected chi connectivity index (χ1v) is 9.89. The minimum absolute atomic E-state index is 0.00983. The normalized spacial score (nSPS) is 14.6. The molecule has 146 valence electrons. The van der Waals surface area contributed by atoms with Gasteiger partial charge in [-0.15, -0.1) is 0 Å². The third-order valence-corrected chi connectivity index (χ3v) is 5.94. The number of aryl methyl sites for hydroxylation is 1. The molecule has 1 saturated heterocycles. The molecule has 9 nitrogen and oxygen atoms in total. The molecule has 3 aromatic heterocycles. The summed E-state index contributed by atoms with van der Waals surface area (Å²) in [6, 6.07) is 3.82. The summed E-state index contributed by atoms with van der Waals surface area (Å²) < 4.78 is 0. The number of H-pyrrole nitrogens is 2. The van der Waals surface area contributed by atoms with Crippen molar-refractivity contribution < 1.29 is 4.79 Å². The number of piperazine rings is 1. The second-order valence-corrected chi connectivity index (χ2v) is 7.66. The van der Waals surface area contributed by atoms with Gasteiger partial charge in [0.25, 0.3) is 5.56 Å². The maximum Gasteiger partial charge on any atom is 0.325 e. The average Bonchev–Trinajstić information content (AvgIpc) is 3.11. The van der Waals surface area contributed by atoms with Gasteiger partial charge in [0.2, 0.25) is 5.91 Å². The van der Waals surface area contributed by atoms with Crippen molar-refractivity contribution in [1.29, 1.82) is 0 Å². The molecule has 0 aromatic carbocycles. The Morgan fingerprint density at radius 2 is 2.00 bits per heavy atom. The summed E-state index contributed by atoms with van der Waals surface area (Å²) in [6.07, 6.45) is 2.30. The SMILES string of the molecule is Cc1[nH]c(=O)[nH]c(=O)c1CCC(=O)N1CCN(c2nc3cccnc3s2)CC1. The van der Waals surface area contributed by atoms with E-state index in [1.54, 1.807) is 24.5 Å². The molecule has 0 unspecified atom stereocenters. The van der Waals surface area contributed by atoms with Gasteiger partial charge in [0.15, 0.2) is 5.13 Å². The summed E-state index contributed by atoms with van der Waals surface area (Å²) in [5.41, 5.74) is 0.897. The van der Waals surface area contributed by atoms with Crippen LogP contribution in [-0.4, -0.2) is 56.9 Å². The third kappa shape index (κ3) is 3.68. The number of carbonyl (C=O) groups excluding carboxylic acids is 1. The monoisotopic (exact) mass is 400 g/mol. The van der Waals surface area contributed by atoms with Crippen LogP contribution < -0.4 is 16.1 Å². The van der Waals surface area contributed by atoms with Crippen molar-refractivity contribution in [2.75, 3.05) is 31.1 Å². The van der Waals surface area contributed by atoms with Crippen LogP contribution in [0.2, 0.25) is 0 Å². The largest absolute Gasteiger partial charge is 0.344 e. The van der Waals surface area contributed by atoms with Crippen LogP contribution in [0.4, 0.5) is 5.13 Å². The quantitative estimate of drug-likeness (QED) is 0.665. The molecule has 2 N–H and O–H groups in total. The lowest BCUT2D eigenvalue weighted by Crippen LogP contribution is -2.48. The highest BCUT2D eigenvalue weighted by Crippen LogP contribution is 2.27. The number of fused-ring (bicyclic) bond motifs is 1. The molecule has 1 amide bonds. The Balaban J connectivity index is 1.35. The van der Waals surface area contributed by atoms with Crippen LogP contribution in [0.25, 0.3) is 10.3 Å². The average molecular weight is 400 g/mol. The molecule has 0 aliphatic carbocycles. The van der Waals surface area contributed by atoms with E-state index >= 15 is 0 Å². The molecule has 0 saturated carbocycles. The summed E-state index contributed by atoms with van der Waals surface area (Å²) in [5.74, 6) is 0.00983. The van der Waals surface area contributed by atoms with E-state index in [1.165, 1.54) is 0 Å². The molecule has 0 spiro atoms. The van der Waals surface area contributed by atoms with Gasteiger partial charge in [-0.3, -0.25) is 14.6 Å². The summed E-state index contributed by atoms with van der Waals surface area (Å²) >= 11 is 1.56. The van der Waals surface area contributed by atoms with Gasteiger partial charge in [0.05, 0.1) is 0 Å². The van der Waals surface area contributed by atoms with Gasteiger partial charge < -0.3 is 14.8 Å². The molecule has 0 radical (unpaired) electrons. The van der Waals surface area contributed by atoms with Crippen molar-refractivity contribution >= 4 is 32.7 Å². The second-order valence-electron chi connectivity index (χ2n) is 6.70. The van der Waals surface area contributed by atoms with E-state index in [9.17, 15) is 14.4 Å². The number of carbonyl (C=O) groups is 1. The van der Waals surface area contributed by atoms with Gasteiger partial charge in [0.1, 0.15) is 10.3 Å².